The zero-order valence-corrected chi connectivity index (χ0v) is 12.8. The molecular weight excluding hydrogens is 252 g/mol. The summed E-state index contributed by atoms with van der Waals surface area (Å²) in [5.74, 6) is 0.419. The van der Waals surface area contributed by atoms with Crippen LogP contribution in [0.25, 0.3) is 0 Å². The minimum Gasteiger partial charge on any atom is -0.354 e. The van der Waals surface area contributed by atoms with Gasteiger partial charge >= 0.3 is 0 Å². The standard InChI is InChI=1S/C15H26N4O/c1-4-6-8-10-17-15-18-12(3)11-13(19-15)14(20)16-9-7-5-2/h11H,4-10H2,1-3H3,(H,16,20)(H,17,18,19). The van der Waals surface area contributed by atoms with Crippen LogP contribution in [0, 0.1) is 6.92 Å². The molecule has 0 aliphatic carbocycles. The molecule has 0 bridgehead atoms. The van der Waals surface area contributed by atoms with Gasteiger partial charge in [-0.2, -0.15) is 0 Å². The van der Waals surface area contributed by atoms with Crippen LogP contribution >= 0.6 is 0 Å². The van der Waals surface area contributed by atoms with Crippen molar-refractivity contribution in [3.8, 4) is 0 Å². The predicted octanol–water partition coefficient (Wildman–Crippen LogP) is 2.92. The third-order valence-corrected chi connectivity index (χ3v) is 2.97. The van der Waals surface area contributed by atoms with Crippen molar-refractivity contribution in [2.24, 2.45) is 0 Å². The molecule has 0 unspecified atom stereocenters. The maximum atomic E-state index is 12.0. The SMILES string of the molecule is CCCCCNc1nc(C)cc(C(=O)NCCCC)n1. The Morgan fingerprint density at radius 1 is 1.10 bits per heavy atom. The number of nitrogens with zero attached hydrogens (tertiary/aromatic N) is 2. The molecule has 0 aliphatic rings. The van der Waals surface area contributed by atoms with Gasteiger partial charge in [0.2, 0.25) is 5.95 Å². The Kier molecular flexibility index (Phi) is 7.62. The topological polar surface area (TPSA) is 66.9 Å². The number of anilines is 1. The van der Waals surface area contributed by atoms with E-state index in [-0.39, 0.29) is 5.91 Å². The first-order valence-corrected chi connectivity index (χ1v) is 7.55. The molecule has 0 saturated heterocycles. The number of rotatable bonds is 9. The number of hydrogen-bond acceptors (Lipinski definition) is 4. The van der Waals surface area contributed by atoms with Gasteiger partial charge in [0.25, 0.3) is 5.91 Å². The third-order valence-electron chi connectivity index (χ3n) is 2.97. The van der Waals surface area contributed by atoms with Crippen LogP contribution in [0.3, 0.4) is 0 Å². The molecule has 112 valence electrons. The van der Waals surface area contributed by atoms with Gasteiger partial charge in [-0.25, -0.2) is 9.97 Å². The van der Waals surface area contributed by atoms with Gasteiger partial charge in [0.15, 0.2) is 0 Å². The molecule has 0 aliphatic heterocycles. The summed E-state index contributed by atoms with van der Waals surface area (Å²) >= 11 is 0. The van der Waals surface area contributed by atoms with E-state index in [4.69, 9.17) is 0 Å². The van der Waals surface area contributed by atoms with Crippen molar-refractivity contribution in [3.63, 3.8) is 0 Å². The summed E-state index contributed by atoms with van der Waals surface area (Å²) in [6, 6.07) is 1.72. The molecule has 0 saturated carbocycles. The highest BCUT2D eigenvalue weighted by Gasteiger charge is 2.09. The fraction of sp³-hybridized carbons (Fsp3) is 0.667. The Balaban J connectivity index is 2.58. The van der Waals surface area contributed by atoms with E-state index in [0.29, 0.717) is 18.2 Å². The lowest BCUT2D eigenvalue weighted by Gasteiger charge is -2.08. The van der Waals surface area contributed by atoms with E-state index in [1.165, 1.54) is 12.8 Å². The van der Waals surface area contributed by atoms with Crippen molar-refractivity contribution in [1.29, 1.82) is 0 Å². The van der Waals surface area contributed by atoms with E-state index in [2.05, 4.69) is 34.4 Å². The Bertz CT molecular complexity index is 420. The molecule has 0 aromatic carbocycles. The van der Waals surface area contributed by atoms with E-state index < -0.39 is 0 Å². The van der Waals surface area contributed by atoms with Crippen molar-refractivity contribution < 1.29 is 4.79 Å². The summed E-state index contributed by atoms with van der Waals surface area (Å²) in [5.41, 5.74) is 1.24. The maximum Gasteiger partial charge on any atom is 0.270 e. The highest BCUT2D eigenvalue weighted by atomic mass is 16.1. The Morgan fingerprint density at radius 3 is 2.55 bits per heavy atom. The van der Waals surface area contributed by atoms with Crippen molar-refractivity contribution in [3.05, 3.63) is 17.5 Å². The molecule has 1 amide bonds. The van der Waals surface area contributed by atoms with Crippen LogP contribution in [0.2, 0.25) is 0 Å². The Labute approximate surface area is 121 Å². The molecule has 0 radical (unpaired) electrons. The summed E-state index contributed by atoms with van der Waals surface area (Å²) in [5, 5.41) is 6.05. The molecule has 1 rings (SSSR count). The molecule has 1 aromatic heterocycles. The third kappa shape index (κ3) is 5.99. The van der Waals surface area contributed by atoms with Crippen LogP contribution in [-0.4, -0.2) is 29.0 Å². The highest BCUT2D eigenvalue weighted by molar-refractivity contribution is 5.92. The quantitative estimate of drug-likeness (QED) is 0.682. The lowest BCUT2D eigenvalue weighted by molar-refractivity contribution is 0.0948. The second-order valence-electron chi connectivity index (χ2n) is 4.96. The van der Waals surface area contributed by atoms with Crippen LogP contribution in [0.5, 0.6) is 0 Å². The van der Waals surface area contributed by atoms with Gasteiger partial charge in [0, 0.05) is 18.8 Å². The van der Waals surface area contributed by atoms with Gasteiger partial charge in [0.05, 0.1) is 0 Å². The lowest BCUT2D eigenvalue weighted by Crippen LogP contribution is -2.26. The van der Waals surface area contributed by atoms with Gasteiger partial charge in [-0.15, -0.1) is 0 Å². The predicted molar refractivity (Wildman–Crippen MR) is 82.0 cm³/mol. The second-order valence-corrected chi connectivity index (χ2v) is 4.96. The molecule has 2 N–H and O–H groups in total. The first-order chi connectivity index (χ1) is 9.67. The first kappa shape index (κ1) is 16.4. The molecule has 1 aromatic rings. The van der Waals surface area contributed by atoms with Gasteiger partial charge in [0.1, 0.15) is 5.69 Å². The number of nitrogens with one attached hydrogen (secondary N) is 2. The smallest absolute Gasteiger partial charge is 0.270 e. The maximum absolute atomic E-state index is 12.0. The number of aromatic nitrogens is 2. The van der Waals surface area contributed by atoms with Crippen LogP contribution in [-0.2, 0) is 0 Å². The number of hydrogen-bond donors (Lipinski definition) is 2. The molecule has 1 heterocycles. The number of amides is 1. The first-order valence-electron chi connectivity index (χ1n) is 7.55. The Hall–Kier alpha value is -1.65. The van der Waals surface area contributed by atoms with Gasteiger partial charge in [-0.1, -0.05) is 33.1 Å². The molecular formula is C15H26N4O. The average molecular weight is 278 g/mol. The van der Waals surface area contributed by atoms with E-state index >= 15 is 0 Å². The van der Waals surface area contributed by atoms with Gasteiger partial charge < -0.3 is 10.6 Å². The zero-order valence-electron chi connectivity index (χ0n) is 12.8. The van der Waals surface area contributed by atoms with Crippen LogP contribution in [0.15, 0.2) is 6.07 Å². The van der Waals surface area contributed by atoms with Crippen molar-refractivity contribution in [2.45, 2.75) is 52.9 Å². The minimum atomic E-state index is -0.124. The average Bonchev–Trinajstić information content (AvgIpc) is 2.43. The molecule has 20 heavy (non-hydrogen) atoms. The monoisotopic (exact) mass is 278 g/mol. The fourth-order valence-electron chi connectivity index (χ4n) is 1.81. The molecule has 0 atom stereocenters. The number of unbranched alkanes of at least 4 members (excludes halogenated alkanes) is 3. The van der Waals surface area contributed by atoms with Crippen LogP contribution in [0.1, 0.15) is 62.1 Å². The Morgan fingerprint density at radius 2 is 1.85 bits per heavy atom. The van der Waals surface area contributed by atoms with Gasteiger partial charge in [-0.3, -0.25) is 4.79 Å². The van der Waals surface area contributed by atoms with E-state index in [1.54, 1.807) is 6.07 Å². The zero-order chi connectivity index (χ0) is 14.8. The molecule has 5 heteroatoms. The molecule has 0 spiro atoms. The number of aryl methyl sites for hydroxylation is 1. The number of carbonyl (C=O) groups excluding carboxylic acids is 1. The fourth-order valence-corrected chi connectivity index (χ4v) is 1.81. The van der Waals surface area contributed by atoms with Crippen LogP contribution < -0.4 is 10.6 Å². The van der Waals surface area contributed by atoms with Gasteiger partial charge in [-0.05, 0) is 25.8 Å². The summed E-state index contributed by atoms with van der Waals surface area (Å²) in [6.45, 7) is 7.68. The normalized spacial score (nSPS) is 10.3. The summed E-state index contributed by atoms with van der Waals surface area (Å²) in [7, 11) is 0. The van der Waals surface area contributed by atoms with E-state index in [9.17, 15) is 4.79 Å². The van der Waals surface area contributed by atoms with E-state index in [1.807, 2.05) is 6.92 Å². The van der Waals surface area contributed by atoms with Crippen molar-refractivity contribution in [1.82, 2.24) is 15.3 Å². The summed E-state index contributed by atoms with van der Waals surface area (Å²) in [4.78, 5) is 20.6. The van der Waals surface area contributed by atoms with Crippen LogP contribution in [0.4, 0.5) is 5.95 Å². The number of carbonyl (C=O) groups is 1. The summed E-state index contributed by atoms with van der Waals surface area (Å²) in [6.07, 6.45) is 5.50. The molecule has 0 fully saturated rings. The minimum absolute atomic E-state index is 0.124. The highest BCUT2D eigenvalue weighted by Crippen LogP contribution is 2.06. The van der Waals surface area contributed by atoms with Crippen molar-refractivity contribution >= 4 is 11.9 Å². The van der Waals surface area contributed by atoms with E-state index in [0.717, 1.165) is 31.5 Å². The van der Waals surface area contributed by atoms with Crippen molar-refractivity contribution in [2.75, 3.05) is 18.4 Å². The lowest BCUT2D eigenvalue weighted by atomic mass is 10.2. The largest absolute Gasteiger partial charge is 0.354 e. The summed E-state index contributed by atoms with van der Waals surface area (Å²) < 4.78 is 0. The second kappa shape index (κ2) is 9.28. The molecule has 5 nitrogen and oxygen atoms in total.